The highest BCUT2D eigenvalue weighted by Gasteiger charge is 2.20. The molecule has 1 rings (SSSR count). The molecule has 0 saturated carbocycles. The lowest BCUT2D eigenvalue weighted by molar-refractivity contribution is 0.412. The number of rotatable bonds is 5. The molecule has 5 nitrogen and oxygen atoms in total. The van der Waals surface area contributed by atoms with Crippen molar-refractivity contribution in [1.29, 1.82) is 0 Å². The average molecular weight is 312 g/mol. The van der Waals surface area contributed by atoms with Gasteiger partial charge in [-0.2, -0.15) is 0 Å². The number of nitrogen functional groups attached to an aromatic ring is 1. The van der Waals surface area contributed by atoms with Crippen molar-refractivity contribution in [3.63, 3.8) is 0 Å². The predicted octanol–water partition coefficient (Wildman–Crippen LogP) is 1.42. The molecule has 3 N–H and O–H groups in total. The zero-order valence-corrected chi connectivity index (χ0v) is 12.4. The molecule has 8 heteroatoms. The molecule has 0 radical (unpaired) electrons. The number of nitrogens with zero attached hydrogens (tertiary/aromatic N) is 1. The van der Waals surface area contributed by atoms with Crippen molar-refractivity contribution in [3.05, 3.63) is 22.2 Å². The summed E-state index contributed by atoms with van der Waals surface area (Å²) in [5, 5.41) is 0.173. The number of hydrogen-bond acceptors (Lipinski definition) is 4. The summed E-state index contributed by atoms with van der Waals surface area (Å²) in [6, 6.07) is 2.74. The lowest BCUT2D eigenvalue weighted by Crippen LogP contribution is -2.31. The van der Waals surface area contributed by atoms with Crippen LogP contribution in [0.4, 0.5) is 5.69 Å². The van der Waals surface area contributed by atoms with Crippen molar-refractivity contribution >= 4 is 38.9 Å². The molecule has 0 fully saturated rings. The fourth-order valence-corrected chi connectivity index (χ4v) is 3.02. The van der Waals surface area contributed by atoms with E-state index in [9.17, 15) is 8.42 Å². The normalized spacial score (nSPS) is 12.1. The molecule has 0 aliphatic heterocycles. The van der Waals surface area contributed by atoms with E-state index in [4.69, 9.17) is 28.9 Å². The van der Waals surface area contributed by atoms with Crippen molar-refractivity contribution in [2.45, 2.75) is 4.90 Å². The molecule has 1 aromatic carbocycles. The summed E-state index contributed by atoms with van der Waals surface area (Å²) in [7, 11) is 0.0244. The van der Waals surface area contributed by atoms with Crippen LogP contribution in [0, 0.1) is 0 Å². The van der Waals surface area contributed by atoms with E-state index in [-0.39, 0.29) is 27.2 Å². The van der Waals surface area contributed by atoms with Crippen molar-refractivity contribution in [2.75, 3.05) is 32.9 Å². The van der Waals surface area contributed by atoms with E-state index >= 15 is 0 Å². The highest BCUT2D eigenvalue weighted by atomic mass is 35.5. The third-order valence-corrected chi connectivity index (χ3v) is 4.58. The molecular formula is C10H15Cl2N3O2S. The molecule has 102 valence electrons. The highest BCUT2D eigenvalue weighted by Crippen LogP contribution is 2.32. The summed E-state index contributed by atoms with van der Waals surface area (Å²) < 4.78 is 26.4. The number of likely N-dealkylation sites (N-methyl/N-ethyl adjacent to an activating group) is 1. The van der Waals surface area contributed by atoms with E-state index in [1.54, 1.807) is 0 Å². The van der Waals surface area contributed by atoms with Crippen LogP contribution in [0.3, 0.4) is 0 Å². The van der Waals surface area contributed by atoms with Crippen molar-refractivity contribution in [2.24, 2.45) is 0 Å². The SMILES string of the molecule is CN(C)CCNS(=O)(=O)c1ccc(Cl)c(N)c1Cl. The number of halogens is 2. The second-order valence-electron chi connectivity index (χ2n) is 3.97. The maximum absolute atomic E-state index is 12.0. The van der Waals surface area contributed by atoms with Gasteiger partial charge in [-0.3, -0.25) is 0 Å². The molecule has 0 atom stereocenters. The van der Waals surface area contributed by atoms with Crippen molar-refractivity contribution in [3.8, 4) is 0 Å². The van der Waals surface area contributed by atoms with Gasteiger partial charge >= 0.3 is 0 Å². The van der Waals surface area contributed by atoms with Gasteiger partial charge in [0, 0.05) is 13.1 Å². The van der Waals surface area contributed by atoms with Crippen LogP contribution in [0.1, 0.15) is 0 Å². The molecule has 0 aliphatic carbocycles. The van der Waals surface area contributed by atoms with Crippen LogP contribution in [0.5, 0.6) is 0 Å². The maximum Gasteiger partial charge on any atom is 0.242 e. The first-order valence-corrected chi connectivity index (χ1v) is 7.37. The molecule has 0 aliphatic rings. The van der Waals surface area contributed by atoms with Crippen LogP contribution in [0.25, 0.3) is 0 Å². The Kier molecular flexibility index (Phi) is 5.24. The maximum atomic E-state index is 12.0. The number of nitrogens with one attached hydrogen (secondary N) is 1. The highest BCUT2D eigenvalue weighted by molar-refractivity contribution is 7.89. The minimum atomic E-state index is -3.67. The molecule has 0 aromatic heterocycles. The van der Waals surface area contributed by atoms with E-state index in [1.807, 2.05) is 19.0 Å². The van der Waals surface area contributed by atoms with Crippen LogP contribution in [-0.2, 0) is 10.0 Å². The largest absolute Gasteiger partial charge is 0.396 e. The minimum absolute atomic E-state index is 0.0557. The molecule has 1 aromatic rings. The quantitative estimate of drug-likeness (QED) is 0.806. The third kappa shape index (κ3) is 3.73. The molecule has 0 heterocycles. The summed E-state index contributed by atoms with van der Waals surface area (Å²) in [5.41, 5.74) is 5.66. The zero-order valence-electron chi connectivity index (χ0n) is 10.1. The lowest BCUT2D eigenvalue weighted by Gasteiger charge is -2.12. The molecule has 18 heavy (non-hydrogen) atoms. The molecular weight excluding hydrogens is 297 g/mol. The van der Waals surface area contributed by atoms with Crippen LogP contribution < -0.4 is 10.5 Å². The van der Waals surface area contributed by atoms with E-state index in [1.165, 1.54) is 12.1 Å². The van der Waals surface area contributed by atoms with Gasteiger partial charge in [0.2, 0.25) is 10.0 Å². The summed E-state index contributed by atoms with van der Waals surface area (Å²) in [5.74, 6) is 0. The van der Waals surface area contributed by atoms with Crippen LogP contribution in [0.15, 0.2) is 17.0 Å². The average Bonchev–Trinajstić information content (AvgIpc) is 2.24. The number of hydrogen-bond donors (Lipinski definition) is 2. The number of benzene rings is 1. The van der Waals surface area contributed by atoms with E-state index in [0.717, 1.165) is 0 Å². The Morgan fingerprint density at radius 1 is 1.33 bits per heavy atom. The summed E-state index contributed by atoms with van der Waals surface area (Å²) in [6.07, 6.45) is 0. The Bertz CT molecular complexity index is 532. The van der Waals surface area contributed by atoms with Crippen molar-refractivity contribution in [1.82, 2.24) is 9.62 Å². The van der Waals surface area contributed by atoms with Gasteiger partial charge in [-0.25, -0.2) is 13.1 Å². The Balaban J connectivity index is 2.96. The van der Waals surface area contributed by atoms with Gasteiger partial charge in [0.15, 0.2) is 0 Å². The predicted molar refractivity (Wildman–Crippen MR) is 74.6 cm³/mol. The summed E-state index contributed by atoms with van der Waals surface area (Å²) >= 11 is 11.6. The van der Waals surface area contributed by atoms with Gasteiger partial charge in [0.25, 0.3) is 0 Å². The molecule has 0 saturated heterocycles. The molecule has 0 amide bonds. The number of nitrogens with two attached hydrogens (primary N) is 1. The third-order valence-electron chi connectivity index (χ3n) is 2.23. The first-order valence-electron chi connectivity index (χ1n) is 5.13. The Labute approximate surface area is 117 Å². The fraction of sp³-hybridized carbons (Fsp3) is 0.400. The summed E-state index contributed by atoms with van der Waals surface area (Å²) in [6.45, 7) is 0.869. The lowest BCUT2D eigenvalue weighted by atomic mass is 10.3. The van der Waals surface area contributed by atoms with E-state index in [2.05, 4.69) is 4.72 Å². The Morgan fingerprint density at radius 3 is 2.50 bits per heavy atom. The molecule has 0 bridgehead atoms. The topological polar surface area (TPSA) is 75.4 Å². The van der Waals surface area contributed by atoms with Crippen molar-refractivity contribution < 1.29 is 8.42 Å². The van der Waals surface area contributed by atoms with Crippen LogP contribution in [-0.4, -0.2) is 40.5 Å². The van der Waals surface area contributed by atoms with Gasteiger partial charge in [0.1, 0.15) is 4.90 Å². The van der Waals surface area contributed by atoms with Gasteiger partial charge in [0.05, 0.1) is 15.7 Å². The monoisotopic (exact) mass is 311 g/mol. The van der Waals surface area contributed by atoms with Gasteiger partial charge < -0.3 is 10.6 Å². The zero-order chi connectivity index (χ0) is 13.9. The van der Waals surface area contributed by atoms with Gasteiger partial charge in [-0.05, 0) is 26.2 Å². The first kappa shape index (κ1) is 15.5. The second kappa shape index (κ2) is 6.08. The Hall–Kier alpha value is -0.530. The second-order valence-corrected chi connectivity index (χ2v) is 6.49. The van der Waals surface area contributed by atoms with Crippen LogP contribution in [0.2, 0.25) is 10.0 Å². The minimum Gasteiger partial charge on any atom is -0.396 e. The summed E-state index contributed by atoms with van der Waals surface area (Å²) in [4.78, 5) is 1.80. The Morgan fingerprint density at radius 2 is 1.94 bits per heavy atom. The van der Waals surface area contributed by atoms with E-state index < -0.39 is 10.0 Å². The van der Waals surface area contributed by atoms with Crippen LogP contribution >= 0.6 is 23.2 Å². The number of sulfonamides is 1. The van der Waals surface area contributed by atoms with Gasteiger partial charge in [-0.15, -0.1) is 0 Å². The standard InChI is InChI=1S/C10H15Cl2N3O2S/c1-15(2)6-5-14-18(16,17)8-4-3-7(11)10(13)9(8)12/h3-4,14H,5-6,13H2,1-2H3. The first-order chi connectivity index (χ1) is 8.25. The smallest absolute Gasteiger partial charge is 0.242 e. The number of anilines is 1. The fourth-order valence-electron chi connectivity index (χ4n) is 1.24. The van der Waals surface area contributed by atoms with Gasteiger partial charge in [-0.1, -0.05) is 23.2 Å². The molecule has 0 unspecified atom stereocenters. The molecule has 0 spiro atoms. The van der Waals surface area contributed by atoms with E-state index in [0.29, 0.717) is 6.54 Å².